The molecule has 3 rings (SSSR count). The number of nitrogens with one attached hydrogen (secondary N) is 2. The Morgan fingerprint density at radius 1 is 1.18 bits per heavy atom. The summed E-state index contributed by atoms with van der Waals surface area (Å²) in [5, 5.41) is 7.00. The SMILES string of the molecule is CN=C(NCCCc1cccc(OC)c1)NC1CCN(c2ccccc2)C1.I. The lowest BCUT2D eigenvalue weighted by atomic mass is 10.1. The van der Waals surface area contributed by atoms with E-state index in [0.29, 0.717) is 6.04 Å². The van der Waals surface area contributed by atoms with Gasteiger partial charge in [0.25, 0.3) is 0 Å². The van der Waals surface area contributed by atoms with E-state index in [2.05, 4.69) is 63.0 Å². The lowest BCUT2D eigenvalue weighted by molar-refractivity contribution is 0.414. The second kappa shape index (κ2) is 11.8. The molecule has 28 heavy (non-hydrogen) atoms. The highest BCUT2D eigenvalue weighted by molar-refractivity contribution is 14.0. The minimum absolute atomic E-state index is 0. The molecule has 1 aliphatic heterocycles. The normalized spacial score (nSPS) is 16.4. The topological polar surface area (TPSA) is 48.9 Å². The molecule has 1 atom stereocenters. The highest BCUT2D eigenvalue weighted by Gasteiger charge is 2.23. The summed E-state index contributed by atoms with van der Waals surface area (Å²) < 4.78 is 5.28. The summed E-state index contributed by atoms with van der Waals surface area (Å²) >= 11 is 0. The van der Waals surface area contributed by atoms with Crippen LogP contribution in [0.25, 0.3) is 0 Å². The third kappa shape index (κ3) is 6.58. The Morgan fingerprint density at radius 3 is 2.75 bits per heavy atom. The number of methoxy groups -OCH3 is 1. The van der Waals surface area contributed by atoms with Gasteiger partial charge in [-0.05, 0) is 49.1 Å². The van der Waals surface area contributed by atoms with Crippen LogP contribution >= 0.6 is 24.0 Å². The zero-order valence-corrected chi connectivity index (χ0v) is 19.1. The van der Waals surface area contributed by atoms with E-state index in [4.69, 9.17) is 4.74 Å². The number of rotatable bonds is 7. The van der Waals surface area contributed by atoms with Crippen LogP contribution in [0.2, 0.25) is 0 Å². The van der Waals surface area contributed by atoms with Gasteiger partial charge < -0.3 is 20.3 Å². The van der Waals surface area contributed by atoms with Crippen LogP contribution in [0.5, 0.6) is 5.75 Å². The lowest BCUT2D eigenvalue weighted by Crippen LogP contribution is -2.44. The molecule has 0 spiro atoms. The molecule has 0 amide bonds. The van der Waals surface area contributed by atoms with Gasteiger partial charge in [0, 0.05) is 38.4 Å². The van der Waals surface area contributed by atoms with Crippen LogP contribution in [0.1, 0.15) is 18.4 Å². The molecule has 0 radical (unpaired) electrons. The summed E-state index contributed by atoms with van der Waals surface area (Å²) in [5.74, 6) is 1.81. The van der Waals surface area contributed by atoms with Crippen LogP contribution in [0.15, 0.2) is 59.6 Å². The summed E-state index contributed by atoms with van der Waals surface area (Å²) in [7, 11) is 3.54. The number of ether oxygens (including phenoxy) is 1. The van der Waals surface area contributed by atoms with Crippen molar-refractivity contribution in [1.82, 2.24) is 10.6 Å². The molecule has 0 bridgehead atoms. The van der Waals surface area contributed by atoms with Crippen LogP contribution in [0.3, 0.4) is 0 Å². The van der Waals surface area contributed by atoms with Gasteiger partial charge in [-0.1, -0.05) is 30.3 Å². The Balaban J connectivity index is 0.00000280. The van der Waals surface area contributed by atoms with E-state index < -0.39 is 0 Å². The average Bonchev–Trinajstić information content (AvgIpc) is 3.19. The van der Waals surface area contributed by atoms with Crippen molar-refractivity contribution in [2.24, 2.45) is 4.99 Å². The molecule has 0 saturated carbocycles. The maximum absolute atomic E-state index is 5.28. The number of hydrogen-bond acceptors (Lipinski definition) is 3. The first-order valence-electron chi connectivity index (χ1n) is 9.68. The van der Waals surface area contributed by atoms with Gasteiger partial charge in [-0.3, -0.25) is 4.99 Å². The Morgan fingerprint density at radius 2 is 2.00 bits per heavy atom. The van der Waals surface area contributed by atoms with Gasteiger partial charge in [0.15, 0.2) is 5.96 Å². The van der Waals surface area contributed by atoms with Crippen LogP contribution < -0.4 is 20.3 Å². The number of aliphatic imine (C=N–C) groups is 1. The average molecular weight is 494 g/mol. The molecule has 152 valence electrons. The lowest BCUT2D eigenvalue weighted by Gasteiger charge is -2.20. The predicted molar refractivity (Wildman–Crippen MR) is 128 cm³/mol. The van der Waals surface area contributed by atoms with Crippen molar-refractivity contribution in [2.45, 2.75) is 25.3 Å². The Bertz CT molecular complexity index is 738. The van der Waals surface area contributed by atoms with Crippen molar-refractivity contribution in [3.63, 3.8) is 0 Å². The van der Waals surface area contributed by atoms with Crippen LogP contribution in [0.4, 0.5) is 5.69 Å². The summed E-state index contributed by atoms with van der Waals surface area (Å²) in [4.78, 5) is 6.80. The van der Waals surface area contributed by atoms with Gasteiger partial charge in [0.05, 0.1) is 7.11 Å². The second-order valence-corrected chi connectivity index (χ2v) is 6.87. The van der Waals surface area contributed by atoms with E-state index in [-0.39, 0.29) is 24.0 Å². The molecule has 0 aliphatic carbocycles. The van der Waals surface area contributed by atoms with Crippen LogP contribution in [-0.4, -0.2) is 45.8 Å². The summed E-state index contributed by atoms with van der Waals surface area (Å²) in [5.41, 5.74) is 2.59. The fourth-order valence-corrected chi connectivity index (χ4v) is 3.47. The van der Waals surface area contributed by atoms with Crippen molar-refractivity contribution in [3.05, 3.63) is 60.2 Å². The minimum Gasteiger partial charge on any atom is -0.497 e. The van der Waals surface area contributed by atoms with E-state index in [1.54, 1.807) is 7.11 Å². The molecule has 1 saturated heterocycles. The second-order valence-electron chi connectivity index (χ2n) is 6.87. The molecule has 0 aromatic heterocycles. The zero-order valence-electron chi connectivity index (χ0n) is 16.7. The van der Waals surface area contributed by atoms with Crippen LogP contribution in [-0.2, 0) is 6.42 Å². The largest absolute Gasteiger partial charge is 0.497 e. The van der Waals surface area contributed by atoms with Crippen molar-refractivity contribution in [1.29, 1.82) is 0 Å². The third-order valence-corrected chi connectivity index (χ3v) is 4.94. The van der Waals surface area contributed by atoms with Gasteiger partial charge >= 0.3 is 0 Å². The molecule has 5 nitrogen and oxygen atoms in total. The number of nitrogens with zero attached hydrogens (tertiary/aromatic N) is 2. The number of anilines is 1. The minimum atomic E-state index is 0. The summed E-state index contributed by atoms with van der Waals surface area (Å²) in [6.07, 6.45) is 3.19. The molecule has 2 aromatic carbocycles. The highest BCUT2D eigenvalue weighted by atomic mass is 127. The quantitative estimate of drug-likeness (QED) is 0.267. The van der Waals surface area contributed by atoms with Crippen molar-refractivity contribution in [3.8, 4) is 5.75 Å². The molecule has 1 heterocycles. The molecular weight excluding hydrogens is 463 g/mol. The van der Waals surface area contributed by atoms with Crippen LogP contribution in [0, 0.1) is 0 Å². The molecule has 1 unspecified atom stereocenters. The van der Waals surface area contributed by atoms with Gasteiger partial charge in [-0.15, -0.1) is 24.0 Å². The van der Waals surface area contributed by atoms with Crippen molar-refractivity contribution in [2.75, 3.05) is 38.7 Å². The van der Waals surface area contributed by atoms with Gasteiger partial charge in [0.2, 0.25) is 0 Å². The zero-order chi connectivity index (χ0) is 18.9. The Kier molecular flexibility index (Phi) is 9.40. The van der Waals surface area contributed by atoms with Gasteiger partial charge in [0.1, 0.15) is 5.75 Å². The number of halogens is 1. The molecule has 1 aliphatic rings. The van der Waals surface area contributed by atoms with Gasteiger partial charge in [-0.25, -0.2) is 0 Å². The number of hydrogen-bond donors (Lipinski definition) is 2. The first kappa shape index (κ1) is 22.3. The standard InChI is InChI=1S/C22H30N4O.HI/c1-23-22(24-14-7-9-18-8-6-12-21(16-18)27-2)25-19-13-15-26(17-19)20-10-4-3-5-11-20;/h3-6,8,10-12,16,19H,7,9,13-15,17H2,1-2H3,(H2,23,24,25);1H. The number of benzene rings is 2. The smallest absolute Gasteiger partial charge is 0.191 e. The van der Waals surface area contributed by atoms with E-state index in [0.717, 1.165) is 50.6 Å². The number of guanidine groups is 1. The van der Waals surface area contributed by atoms with E-state index in [9.17, 15) is 0 Å². The number of para-hydroxylation sites is 1. The Hall–Kier alpha value is -1.96. The van der Waals surface area contributed by atoms with Gasteiger partial charge in [-0.2, -0.15) is 0 Å². The molecule has 1 fully saturated rings. The first-order chi connectivity index (χ1) is 13.3. The van der Waals surface area contributed by atoms with Crippen molar-refractivity contribution < 1.29 is 4.74 Å². The highest BCUT2D eigenvalue weighted by Crippen LogP contribution is 2.19. The maximum Gasteiger partial charge on any atom is 0.191 e. The van der Waals surface area contributed by atoms with Crippen molar-refractivity contribution >= 4 is 35.6 Å². The third-order valence-electron chi connectivity index (χ3n) is 4.94. The first-order valence-corrected chi connectivity index (χ1v) is 9.68. The Labute approximate surface area is 185 Å². The van der Waals surface area contributed by atoms with E-state index in [1.165, 1.54) is 11.3 Å². The molecule has 2 aromatic rings. The maximum atomic E-state index is 5.28. The number of aryl methyl sites for hydroxylation is 1. The molecule has 2 N–H and O–H groups in total. The van der Waals surface area contributed by atoms with E-state index >= 15 is 0 Å². The molecule has 6 heteroatoms. The fraction of sp³-hybridized carbons (Fsp3) is 0.409. The van der Waals surface area contributed by atoms with E-state index in [1.807, 2.05) is 19.2 Å². The summed E-state index contributed by atoms with van der Waals surface area (Å²) in [6, 6.07) is 19.3. The molecular formula is C22H31IN4O. The fourth-order valence-electron chi connectivity index (χ4n) is 3.47. The summed E-state index contributed by atoms with van der Waals surface area (Å²) in [6.45, 7) is 2.98. The monoisotopic (exact) mass is 494 g/mol. The predicted octanol–water partition coefficient (Wildman–Crippen LogP) is 3.69.